The van der Waals surface area contributed by atoms with Crippen molar-refractivity contribution in [1.82, 2.24) is 0 Å². The number of hydrogen-bond acceptors (Lipinski definition) is 2. The lowest BCUT2D eigenvalue weighted by Gasteiger charge is -2.28. The van der Waals surface area contributed by atoms with E-state index in [1.54, 1.807) is 6.92 Å². The highest BCUT2D eigenvalue weighted by Gasteiger charge is 2.58. The molecule has 0 amide bonds. The van der Waals surface area contributed by atoms with E-state index in [4.69, 9.17) is 0 Å². The molecular formula is C12H17F7O2. The molecule has 2 nitrogen and oxygen atoms in total. The van der Waals surface area contributed by atoms with Gasteiger partial charge in [0.05, 0.1) is 5.41 Å². The van der Waals surface area contributed by atoms with Crippen LogP contribution in [0.4, 0.5) is 30.7 Å². The molecule has 0 aliphatic rings. The fraction of sp³-hybridized carbons (Fsp3) is 0.917. The van der Waals surface area contributed by atoms with Crippen molar-refractivity contribution in [2.45, 2.75) is 58.1 Å². The van der Waals surface area contributed by atoms with Crippen molar-refractivity contribution in [3.63, 3.8) is 0 Å². The molecule has 0 spiro atoms. The second-order valence-corrected chi connectivity index (χ2v) is 5.34. The first-order valence-electron chi connectivity index (χ1n) is 6.14. The van der Waals surface area contributed by atoms with Crippen LogP contribution in [0.2, 0.25) is 0 Å². The summed E-state index contributed by atoms with van der Waals surface area (Å²) in [4.78, 5) is 11.4. The fourth-order valence-electron chi connectivity index (χ4n) is 1.08. The first-order chi connectivity index (χ1) is 9.15. The normalized spacial score (nSPS) is 14.2. The minimum atomic E-state index is -4.97. The first kappa shape index (κ1) is 20.0. The van der Waals surface area contributed by atoms with Gasteiger partial charge in [0.15, 0.2) is 6.61 Å². The van der Waals surface area contributed by atoms with E-state index >= 15 is 0 Å². The van der Waals surface area contributed by atoms with E-state index < -0.39 is 48.9 Å². The van der Waals surface area contributed by atoms with E-state index in [1.807, 2.05) is 0 Å². The Kier molecular flexibility index (Phi) is 6.08. The molecule has 0 rings (SSSR count). The number of carbonyl (C=O) groups is 1. The van der Waals surface area contributed by atoms with Crippen LogP contribution in [0, 0.1) is 5.41 Å². The van der Waals surface area contributed by atoms with Gasteiger partial charge in [0.25, 0.3) is 0 Å². The van der Waals surface area contributed by atoms with Gasteiger partial charge in [0.2, 0.25) is 0 Å². The van der Waals surface area contributed by atoms with Gasteiger partial charge in [0.1, 0.15) is 0 Å². The predicted octanol–water partition coefficient (Wildman–Crippen LogP) is 4.58. The molecule has 126 valence electrons. The Balaban J connectivity index is 4.70. The second kappa shape index (κ2) is 6.39. The molecule has 0 aliphatic heterocycles. The highest BCUT2D eigenvalue weighted by molar-refractivity contribution is 5.75. The summed E-state index contributed by atoms with van der Waals surface area (Å²) in [5.74, 6) is -10.9. The quantitative estimate of drug-likeness (QED) is 0.506. The van der Waals surface area contributed by atoms with Crippen LogP contribution in [0.25, 0.3) is 0 Å². The number of halogens is 7. The molecular weight excluding hydrogens is 309 g/mol. The van der Waals surface area contributed by atoms with Gasteiger partial charge in [-0.15, -0.1) is 0 Å². The molecule has 9 heteroatoms. The summed E-state index contributed by atoms with van der Waals surface area (Å²) in [6.45, 7) is 2.35. The molecule has 0 aromatic rings. The molecule has 0 radical (unpaired) electrons. The van der Waals surface area contributed by atoms with Crippen LogP contribution < -0.4 is 0 Å². The van der Waals surface area contributed by atoms with Gasteiger partial charge >= 0.3 is 24.0 Å². The Morgan fingerprint density at radius 3 is 1.76 bits per heavy atom. The number of esters is 1. The van der Waals surface area contributed by atoms with E-state index in [-0.39, 0.29) is 6.42 Å². The molecule has 0 heterocycles. The third-order valence-corrected chi connectivity index (χ3v) is 3.08. The number of carbonyl (C=O) groups excluding carboxylic acids is 1. The lowest BCUT2D eigenvalue weighted by Crippen LogP contribution is -2.46. The third kappa shape index (κ3) is 6.09. The molecule has 0 aromatic heterocycles. The molecule has 0 saturated carbocycles. The average molecular weight is 326 g/mol. The number of ether oxygens (including phenoxy) is 1. The van der Waals surface area contributed by atoms with E-state index in [0.717, 1.165) is 0 Å². The predicted molar refractivity (Wildman–Crippen MR) is 60.2 cm³/mol. The van der Waals surface area contributed by atoms with Crippen LogP contribution in [0.5, 0.6) is 0 Å². The zero-order valence-electron chi connectivity index (χ0n) is 11.8. The van der Waals surface area contributed by atoms with Crippen molar-refractivity contribution in [2.75, 3.05) is 6.61 Å². The summed E-state index contributed by atoms with van der Waals surface area (Å²) in [5.41, 5.74) is -1.14. The standard InChI is InChI=1S/C12H17F7O2/c1-4-9(2,3)8(20)21-7-11(15,16)10(13,14)5-6-12(17,18)19/h4-7H2,1-3H3. The lowest BCUT2D eigenvalue weighted by atomic mass is 9.91. The van der Waals surface area contributed by atoms with Gasteiger partial charge in [-0.1, -0.05) is 6.92 Å². The van der Waals surface area contributed by atoms with Crippen molar-refractivity contribution in [3.8, 4) is 0 Å². The van der Waals surface area contributed by atoms with E-state index in [2.05, 4.69) is 4.74 Å². The smallest absolute Gasteiger partial charge is 0.389 e. The molecule has 0 atom stereocenters. The molecule has 0 unspecified atom stereocenters. The molecule has 0 aliphatic carbocycles. The largest absolute Gasteiger partial charge is 0.459 e. The second-order valence-electron chi connectivity index (χ2n) is 5.34. The first-order valence-corrected chi connectivity index (χ1v) is 6.14. The van der Waals surface area contributed by atoms with Crippen molar-refractivity contribution in [1.29, 1.82) is 0 Å². The summed E-state index contributed by atoms with van der Waals surface area (Å²) in [5, 5.41) is 0. The Hall–Kier alpha value is -1.02. The Morgan fingerprint density at radius 1 is 0.905 bits per heavy atom. The van der Waals surface area contributed by atoms with Gasteiger partial charge in [-0.25, -0.2) is 0 Å². The number of alkyl halides is 7. The van der Waals surface area contributed by atoms with Gasteiger partial charge in [-0.3, -0.25) is 4.79 Å². The van der Waals surface area contributed by atoms with Gasteiger partial charge in [-0.2, -0.15) is 30.7 Å². The Morgan fingerprint density at radius 2 is 1.38 bits per heavy atom. The number of hydrogen-bond donors (Lipinski definition) is 0. The zero-order valence-corrected chi connectivity index (χ0v) is 11.8. The minimum Gasteiger partial charge on any atom is -0.459 e. The van der Waals surface area contributed by atoms with Crippen LogP contribution in [-0.4, -0.2) is 30.6 Å². The fourth-order valence-corrected chi connectivity index (χ4v) is 1.08. The molecule has 0 aromatic carbocycles. The summed E-state index contributed by atoms with van der Waals surface area (Å²) in [6.07, 6.45) is -8.87. The van der Waals surface area contributed by atoms with Crippen molar-refractivity contribution in [3.05, 3.63) is 0 Å². The summed E-state index contributed by atoms with van der Waals surface area (Å²) in [6, 6.07) is 0. The van der Waals surface area contributed by atoms with Gasteiger partial charge < -0.3 is 4.74 Å². The van der Waals surface area contributed by atoms with Crippen LogP contribution in [0.3, 0.4) is 0 Å². The summed E-state index contributed by atoms with van der Waals surface area (Å²) in [7, 11) is 0. The van der Waals surface area contributed by atoms with Crippen LogP contribution in [0.15, 0.2) is 0 Å². The van der Waals surface area contributed by atoms with Crippen molar-refractivity contribution >= 4 is 5.97 Å². The minimum absolute atomic E-state index is 0.224. The van der Waals surface area contributed by atoms with E-state index in [1.165, 1.54) is 13.8 Å². The van der Waals surface area contributed by atoms with E-state index in [0.29, 0.717) is 0 Å². The SMILES string of the molecule is CCC(C)(C)C(=O)OCC(F)(F)C(F)(F)CCC(F)(F)F. The van der Waals surface area contributed by atoms with Crippen LogP contribution in [-0.2, 0) is 9.53 Å². The topological polar surface area (TPSA) is 26.3 Å². The molecule has 0 N–H and O–H groups in total. The molecule has 0 fully saturated rings. The maximum absolute atomic E-state index is 13.2. The zero-order chi connectivity index (χ0) is 17.1. The Bertz CT molecular complexity index is 361. The Labute approximate surface area is 117 Å². The molecule has 21 heavy (non-hydrogen) atoms. The van der Waals surface area contributed by atoms with Crippen molar-refractivity contribution < 1.29 is 40.3 Å². The maximum Gasteiger partial charge on any atom is 0.389 e. The summed E-state index contributed by atoms with van der Waals surface area (Å²) >= 11 is 0. The van der Waals surface area contributed by atoms with Gasteiger partial charge in [-0.05, 0) is 20.3 Å². The van der Waals surface area contributed by atoms with E-state index in [9.17, 15) is 35.5 Å². The lowest BCUT2D eigenvalue weighted by molar-refractivity contribution is -0.246. The maximum atomic E-state index is 13.2. The van der Waals surface area contributed by atoms with Crippen molar-refractivity contribution in [2.24, 2.45) is 5.41 Å². The monoisotopic (exact) mass is 326 g/mol. The van der Waals surface area contributed by atoms with Gasteiger partial charge in [0, 0.05) is 12.8 Å². The molecule has 0 bridgehead atoms. The average Bonchev–Trinajstić information content (AvgIpc) is 2.32. The number of rotatable bonds is 7. The highest BCUT2D eigenvalue weighted by Crippen LogP contribution is 2.40. The highest BCUT2D eigenvalue weighted by atomic mass is 19.4. The summed E-state index contributed by atoms with van der Waals surface area (Å²) < 4.78 is 92.3. The molecule has 0 saturated heterocycles. The van der Waals surface area contributed by atoms with Crippen LogP contribution >= 0.6 is 0 Å². The third-order valence-electron chi connectivity index (χ3n) is 3.08. The van der Waals surface area contributed by atoms with Crippen LogP contribution in [0.1, 0.15) is 40.0 Å².